The molecule has 1 N–H and O–H groups in total. The van der Waals surface area contributed by atoms with E-state index < -0.39 is 0 Å². The summed E-state index contributed by atoms with van der Waals surface area (Å²) in [5, 5.41) is 2.78. The molecular weight excluding hydrogens is 153 g/mol. The van der Waals surface area contributed by atoms with E-state index in [1.54, 1.807) is 0 Å². The van der Waals surface area contributed by atoms with E-state index in [2.05, 4.69) is 36.9 Å². The molecule has 2 aromatic rings. The molecule has 0 unspecified atom stereocenters. The lowest BCUT2D eigenvalue weighted by Crippen LogP contribution is -1.67. The Labute approximate surface area is 67.5 Å². The summed E-state index contributed by atoms with van der Waals surface area (Å²) in [4.78, 5) is 3.24. The van der Waals surface area contributed by atoms with Crippen LogP contribution in [-0.2, 0) is 0 Å². The summed E-state index contributed by atoms with van der Waals surface area (Å²) in [6.07, 6.45) is 2.06. The lowest BCUT2D eigenvalue weighted by Gasteiger charge is -1.92. The number of H-pyrrole nitrogens is 1. The molecule has 1 nitrogen and oxygen atoms in total. The van der Waals surface area contributed by atoms with E-state index in [4.69, 9.17) is 0 Å². The molecule has 2 aromatic heterocycles. The van der Waals surface area contributed by atoms with Gasteiger partial charge in [-0.15, -0.1) is 0 Å². The van der Waals surface area contributed by atoms with Crippen molar-refractivity contribution in [1.29, 1.82) is 0 Å². The Morgan fingerprint density at radius 3 is 3.00 bits per heavy atom. The van der Waals surface area contributed by atoms with Gasteiger partial charge in [-0.1, -0.05) is 8.19 Å². The van der Waals surface area contributed by atoms with Crippen molar-refractivity contribution in [3.63, 3.8) is 0 Å². The normalized spacial score (nSPS) is 11.5. The number of rotatable bonds is 0. The van der Waals surface area contributed by atoms with E-state index >= 15 is 0 Å². The smallest absolute Gasteiger partial charge is 0.0503 e. The van der Waals surface area contributed by atoms with Crippen molar-refractivity contribution >= 4 is 19.1 Å². The topological polar surface area (TPSA) is 15.8 Å². The average molecular weight is 163 g/mol. The maximum atomic E-state index is 3.24. The average Bonchev–Trinajstić information content (AvgIpc) is 2.33. The first-order valence-corrected chi connectivity index (χ1v) is 4.64. The van der Waals surface area contributed by atoms with E-state index in [1.807, 2.05) is 0 Å². The second-order valence-electron chi connectivity index (χ2n) is 2.84. The highest BCUT2D eigenvalue weighted by molar-refractivity contribution is 7.30. The first-order valence-electron chi connectivity index (χ1n) is 3.68. The summed E-state index contributed by atoms with van der Waals surface area (Å²) in [7, 11) is 1.32. The molecule has 2 heterocycles. The lowest BCUT2D eigenvalue weighted by molar-refractivity contribution is 1.43. The molecular formula is C9H10NP. The van der Waals surface area contributed by atoms with Crippen LogP contribution >= 0.6 is 8.19 Å². The molecule has 0 amide bonds. The molecule has 56 valence electrons. The maximum Gasteiger partial charge on any atom is 0.0503 e. The van der Waals surface area contributed by atoms with Gasteiger partial charge in [0, 0.05) is 11.6 Å². The van der Waals surface area contributed by atoms with Gasteiger partial charge in [0.2, 0.25) is 0 Å². The van der Waals surface area contributed by atoms with Crippen LogP contribution in [-0.4, -0.2) is 4.98 Å². The Morgan fingerprint density at radius 2 is 2.18 bits per heavy atom. The van der Waals surface area contributed by atoms with Gasteiger partial charge in [0.25, 0.3) is 0 Å². The van der Waals surface area contributed by atoms with Gasteiger partial charge in [-0.05, 0) is 36.6 Å². The van der Waals surface area contributed by atoms with Crippen LogP contribution in [0.3, 0.4) is 0 Å². The number of nitrogens with one attached hydrogen (secondary N) is 1. The van der Waals surface area contributed by atoms with E-state index in [-0.39, 0.29) is 0 Å². The molecule has 0 radical (unpaired) electrons. The van der Waals surface area contributed by atoms with Crippen LogP contribution in [0.2, 0.25) is 0 Å². The standard InChI is InChI=1S/C9H10NP/c1-6-4-10-9-5-11-7(2)3-8(6)9/h3-5,10H,1-2H3. The van der Waals surface area contributed by atoms with Gasteiger partial charge >= 0.3 is 0 Å². The van der Waals surface area contributed by atoms with Crippen molar-refractivity contribution in [2.45, 2.75) is 13.8 Å². The minimum Gasteiger partial charge on any atom is -0.361 e. The van der Waals surface area contributed by atoms with Gasteiger partial charge in [-0.25, -0.2) is 0 Å². The summed E-state index contributed by atoms with van der Waals surface area (Å²) >= 11 is 0. The van der Waals surface area contributed by atoms with Crippen LogP contribution < -0.4 is 0 Å². The Kier molecular flexibility index (Phi) is 1.47. The minimum absolute atomic E-state index is 1.27. The summed E-state index contributed by atoms with van der Waals surface area (Å²) in [5.74, 6) is 2.22. The van der Waals surface area contributed by atoms with Crippen molar-refractivity contribution in [2.75, 3.05) is 0 Å². The van der Waals surface area contributed by atoms with Crippen molar-refractivity contribution in [2.24, 2.45) is 0 Å². The van der Waals surface area contributed by atoms with Crippen molar-refractivity contribution < 1.29 is 0 Å². The van der Waals surface area contributed by atoms with E-state index in [9.17, 15) is 0 Å². The number of hydrogen-bond acceptors (Lipinski definition) is 0. The first-order chi connectivity index (χ1) is 5.27. The number of aromatic nitrogens is 1. The van der Waals surface area contributed by atoms with Gasteiger partial charge in [-0.3, -0.25) is 0 Å². The van der Waals surface area contributed by atoms with Crippen LogP contribution in [0.15, 0.2) is 18.1 Å². The van der Waals surface area contributed by atoms with Gasteiger partial charge in [0.05, 0.1) is 5.52 Å². The molecule has 0 aliphatic rings. The molecule has 0 aromatic carbocycles. The lowest BCUT2D eigenvalue weighted by atomic mass is 10.2. The van der Waals surface area contributed by atoms with Gasteiger partial charge in [-0.2, -0.15) is 0 Å². The summed E-state index contributed by atoms with van der Waals surface area (Å²) in [6.45, 7) is 4.29. The second kappa shape index (κ2) is 2.35. The molecule has 0 bridgehead atoms. The van der Waals surface area contributed by atoms with Crippen LogP contribution in [0, 0.1) is 13.8 Å². The summed E-state index contributed by atoms with van der Waals surface area (Å²) < 4.78 is 0. The maximum absolute atomic E-state index is 3.24. The number of aromatic amines is 1. The molecule has 2 rings (SSSR count). The Balaban J connectivity index is 2.87. The van der Waals surface area contributed by atoms with Crippen molar-refractivity contribution in [3.8, 4) is 0 Å². The van der Waals surface area contributed by atoms with E-state index in [0.29, 0.717) is 0 Å². The van der Waals surface area contributed by atoms with Crippen molar-refractivity contribution in [3.05, 3.63) is 28.9 Å². The van der Waals surface area contributed by atoms with E-state index in [0.717, 1.165) is 0 Å². The van der Waals surface area contributed by atoms with Crippen LogP contribution in [0.4, 0.5) is 0 Å². The predicted molar refractivity (Wildman–Crippen MR) is 50.3 cm³/mol. The zero-order chi connectivity index (χ0) is 7.84. The molecule has 0 atom stereocenters. The van der Waals surface area contributed by atoms with Crippen LogP contribution in [0.1, 0.15) is 10.9 Å². The van der Waals surface area contributed by atoms with E-state index in [1.165, 1.54) is 30.0 Å². The molecule has 0 saturated heterocycles. The zero-order valence-electron chi connectivity index (χ0n) is 6.68. The second-order valence-corrected chi connectivity index (χ2v) is 4.06. The third-order valence-electron chi connectivity index (χ3n) is 1.91. The van der Waals surface area contributed by atoms with Crippen molar-refractivity contribution in [1.82, 2.24) is 4.98 Å². The molecule has 2 heteroatoms. The highest BCUT2D eigenvalue weighted by Gasteiger charge is 1.97. The Bertz CT molecular complexity index is 389. The molecule has 0 aliphatic heterocycles. The number of fused-ring (bicyclic) bond motifs is 1. The molecule has 0 saturated carbocycles. The molecule has 0 aliphatic carbocycles. The minimum atomic E-state index is 1.27. The molecule has 0 fully saturated rings. The molecule has 11 heavy (non-hydrogen) atoms. The SMILES string of the molecule is Cc1cc2c(C)c[nH]c2cp1. The summed E-state index contributed by atoms with van der Waals surface area (Å²) in [6, 6.07) is 2.25. The fourth-order valence-electron chi connectivity index (χ4n) is 1.26. The third kappa shape index (κ3) is 1.06. The zero-order valence-corrected chi connectivity index (χ0v) is 7.57. The number of aryl methyl sites for hydroxylation is 2. The predicted octanol–water partition coefficient (Wildman–Crippen LogP) is 3.36. The van der Waals surface area contributed by atoms with Gasteiger partial charge in [0.1, 0.15) is 0 Å². The Morgan fingerprint density at radius 1 is 1.36 bits per heavy atom. The van der Waals surface area contributed by atoms with Gasteiger partial charge < -0.3 is 4.98 Å². The quantitative estimate of drug-likeness (QED) is 0.612. The Hall–Kier alpha value is -0.810. The first kappa shape index (κ1) is 6.87. The number of hydrogen-bond donors (Lipinski definition) is 1. The summed E-state index contributed by atoms with van der Waals surface area (Å²) in [5.41, 5.74) is 2.61. The monoisotopic (exact) mass is 163 g/mol. The molecule has 0 spiro atoms. The van der Waals surface area contributed by atoms with Gasteiger partial charge in [0.15, 0.2) is 0 Å². The van der Waals surface area contributed by atoms with Crippen LogP contribution in [0.5, 0.6) is 0 Å². The van der Waals surface area contributed by atoms with Crippen LogP contribution in [0.25, 0.3) is 10.9 Å². The fraction of sp³-hybridized carbons (Fsp3) is 0.222. The highest BCUT2D eigenvalue weighted by Crippen LogP contribution is 2.24. The third-order valence-corrected chi connectivity index (χ3v) is 2.83. The highest BCUT2D eigenvalue weighted by atomic mass is 31.0. The largest absolute Gasteiger partial charge is 0.361 e. The fourth-order valence-corrected chi connectivity index (χ4v) is 2.01.